The van der Waals surface area contributed by atoms with Gasteiger partial charge in [0, 0.05) is 23.3 Å². The Kier molecular flexibility index (Phi) is 6.29. The zero-order chi connectivity index (χ0) is 22.9. The predicted molar refractivity (Wildman–Crippen MR) is 123 cm³/mol. The van der Waals surface area contributed by atoms with Gasteiger partial charge in [0.05, 0.1) is 19.6 Å². The lowest BCUT2D eigenvalue weighted by Crippen LogP contribution is -2.08. The van der Waals surface area contributed by atoms with Crippen LogP contribution in [0.25, 0.3) is 21.9 Å². The molecule has 0 unspecified atom stereocenters. The first-order valence-electron chi connectivity index (χ1n) is 10.0. The molecule has 0 radical (unpaired) electrons. The highest BCUT2D eigenvalue weighted by Gasteiger charge is 2.23. The number of rotatable bonds is 6. The van der Waals surface area contributed by atoms with Gasteiger partial charge in [-0.3, -0.25) is 4.79 Å². The van der Waals surface area contributed by atoms with E-state index in [0.717, 1.165) is 11.1 Å². The second kappa shape index (κ2) is 8.76. The molecule has 2 aromatic carbocycles. The van der Waals surface area contributed by atoms with Crippen LogP contribution in [0.2, 0.25) is 0 Å². The van der Waals surface area contributed by atoms with Crippen LogP contribution >= 0.6 is 0 Å². The number of fused-ring (bicyclic) bond motifs is 2. The third-order valence-electron chi connectivity index (χ3n) is 5.18. The molecule has 3 aromatic rings. The minimum Gasteiger partial charge on any atom is -0.507 e. The highest BCUT2D eigenvalue weighted by molar-refractivity contribution is 5.97. The third kappa shape index (κ3) is 4.10. The maximum Gasteiger partial charge on any atom is 0.204 e. The van der Waals surface area contributed by atoms with Crippen LogP contribution in [0.5, 0.6) is 23.0 Å². The second-order valence-corrected chi connectivity index (χ2v) is 7.96. The summed E-state index contributed by atoms with van der Waals surface area (Å²) in [6, 6.07) is 2.96. The van der Waals surface area contributed by atoms with Crippen LogP contribution in [0.1, 0.15) is 38.8 Å². The molecule has 0 bridgehead atoms. The fraction of sp³-hybridized carbons (Fsp3) is 0.320. The van der Waals surface area contributed by atoms with E-state index < -0.39 is 0 Å². The molecular weight excluding hydrogens is 396 g/mol. The van der Waals surface area contributed by atoms with Crippen molar-refractivity contribution < 1.29 is 24.1 Å². The van der Waals surface area contributed by atoms with Crippen molar-refractivity contribution in [3.8, 4) is 23.0 Å². The van der Waals surface area contributed by atoms with E-state index in [4.69, 9.17) is 13.9 Å². The molecule has 164 valence electrons. The summed E-state index contributed by atoms with van der Waals surface area (Å²) in [6.45, 7) is 7.78. The Morgan fingerprint density at radius 1 is 0.903 bits per heavy atom. The quantitative estimate of drug-likeness (QED) is 0.407. The standard InChI is InChI=1S/C25H28O6/c1-13(2)7-9-15-17(26)11-18-22(23(15)27)24(28)21-16(10-8-14(3)4)25(30-6)20(29-5)12-19(21)31-18/h7-8,11-12,26-27H,9-10H2,1-6H3. The Morgan fingerprint density at radius 3 is 2.03 bits per heavy atom. The summed E-state index contributed by atoms with van der Waals surface area (Å²) >= 11 is 0. The fourth-order valence-corrected chi connectivity index (χ4v) is 3.60. The lowest BCUT2D eigenvalue weighted by atomic mass is 9.98. The second-order valence-electron chi connectivity index (χ2n) is 7.96. The first-order chi connectivity index (χ1) is 14.7. The Balaban J connectivity index is 2.47. The molecule has 0 spiro atoms. The number of allylic oxidation sites excluding steroid dienone is 4. The van der Waals surface area contributed by atoms with Crippen LogP contribution in [0.3, 0.4) is 0 Å². The van der Waals surface area contributed by atoms with Crippen molar-refractivity contribution in [1.82, 2.24) is 0 Å². The summed E-state index contributed by atoms with van der Waals surface area (Å²) in [5.41, 5.74) is 3.03. The molecule has 2 N–H and O–H groups in total. The maximum absolute atomic E-state index is 13.6. The average molecular weight is 424 g/mol. The van der Waals surface area contributed by atoms with Gasteiger partial charge < -0.3 is 24.1 Å². The van der Waals surface area contributed by atoms with Crippen molar-refractivity contribution in [2.45, 2.75) is 40.5 Å². The van der Waals surface area contributed by atoms with Crippen LogP contribution in [0.4, 0.5) is 0 Å². The first kappa shape index (κ1) is 22.3. The molecular formula is C25H28O6. The van der Waals surface area contributed by atoms with Gasteiger partial charge in [0.2, 0.25) is 5.43 Å². The van der Waals surface area contributed by atoms with Crippen LogP contribution in [-0.2, 0) is 12.8 Å². The maximum atomic E-state index is 13.6. The van der Waals surface area contributed by atoms with Crippen molar-refractivity contribution in [2.24, 2.45) is 0 Å². The van der Waals surface area contributed by atoms with E-state index in [-0.39, 0.29) is 33.5 Å². The van der Waals surface area contributed by atoms with Crippen LogP contribution in [0, 0.1) is 0 Å². The molecule has 3 rings (SSSR count). The zero-order valence-electron chi connectivity index (χ0n) is 18.8. The summed E-state index contributed by atoms with van der Waals surface area (Å²) < 4.78 is 17.0. The van der Waals surface area contributed by atoms with Crippen molar-refractivity contribution in [1.29, 1.82) is 0 Å². The van der Waals surface area contributed by atoms with Gasteiger partial charge in [0.15, 0.2) is 11.5 Å². The van der Waals surface area contributed by atoms with Crippen molar-refractivity contribution in [2.75, 3.05) is 14.2 Å². The van der Waals surface area contributed by atoms with Gasteiger partial charge in [0.1, 0.15) is 28.1 Å². The van der Waals surface area contributed by atoms with Gasteiger partial charge in [-0.05, 0) is 40.5 Å². The molecule has 0 aliphatic heterocycles. The highest BCUT2D eigenvalue weighted by atomic mass is 16.5. The van der Waals surface area contributed by atoms with Gasteiger partial charge in [-0.1, -0.05) is 23.3 Å². The topological polar surface area (TPSA) is 89.1 Å². The summed E-state index contributed by atoms with van der Waals surface area (Å²) in [7, 11) is 3.03. The molecule has 6 nitrogen and oxygen atoms in total. The van der Waals surface area contributed by atoms with Crippen LogP contribution in [-0.4, -0.2) is 24.4 Å². The number of methoxy groups -OCH3 is 2. The smallest absolute Gasteiger partial charge is 0.204 e. The number of hydrogen-bond donors (Lipinski definition) is 2. The Morgan fingerprint density at radius 2 is 1.48 bits per heavy atom. The predicted octanol–water partition coefficient (Wildman–Crippen LogP) is 5.39. The number of phenols is 2. The van der Waals surface area contributed by atoms with E-state index in [1.807, 2.05) is 39.8 Å². The highest BCUT2D eigenvalue weighted by Crippen LogP contribution is 2.41. The number of hydrogen-bond acceptors (Lipinski definition) is 6. The van der Waals surface area contributed by atoms with Crippen molar-refractivity contribution >= 4 is 21.9 Å². The summed E-state index contributed by atoms with van der Waals surface area (Å²) in [5.74, 6) is 0.479. The molecule has 0 saturated carbocycles. The van der Waals surface area contributed by atoms with E-state index in [9.17, 15) is 15.0 Å². The van der Waals surface area contributed by atoms with Crippen LogP contribution < -0.4 is 14.9 Å². The summed E-state index contributed by atoms with van der Waals surface area (Å²) in [5, 5.41) is 21.7. The van der Waals surface area contributed by atoms with Gasteiger partial charge >= 0.3 is 0 Å². The Hall–Kier alpha value is -3.41. The van der Waals surface area contributed by atoms with Crippen LogP contribution in [0.15, 0.2) is 44.6 Å². The van der Waals surface area contributed by atoms with Crippen molar-refractivity contribution in [3.05, 3.63) is 56.8 Å². The molecule has 0 amide bonds. The fourth-order valence-electron chi connectivity index (χ4n) is 3.60. The summed E-state index contributed by atoms with van der Waals surface area (Å²) in [4.78, 5) is 13.6. The first-order valence-corrected chi connectivity index (χ1v) is 10.0. The Labute approximate surface area is 181 Å². The minimum atomic E-state index is -0.384. The van der Waals surface area contributed by atoms with Crippen molar-refractivity contribution in [3.63, 3.8) is 0 Å². The van der Waals surface area contributed by atoms with Gasteiger partial charge in [0.25, 0.3) is 0 Å². The lowest BCUT2D eigenvalue weighted by molar-refractivity contribution is 0.352. The molecule has 31 heavy (non-hydrogen) atoms. The van der Waals surface area contributed by atoms with Gasteiger partial charge in [-0.2, -0.15) is 0 Å². The van der Waals surface area contributed by atoms with Gasteiger partial charge in [-0.25, -0.2) is 0 Å². The monoisotopic (exact) mass is 424 g/mol. The zero-order valence-corrected chi connectivity index (χ0v) is 18.8. The Bertz CT molecular complexity index is 1270. The normalized spacial score (nSPS) is 10.9. The van der Waals surface area contributed by atoms with E-state index >= 15 is 0 Å². The number of aromatic hydroxyl groups is 2. The number of ether oxygens (including phenoxy) is 2. The SMILES string of the molecule is COc1cc2oc3cc(O)c(CC=C(C)C)c(O)c3c(=O)c2c(CC=C(C)C)c1OC. The molecule has 0 fully saturated rings. The average Bonchev–Trinajstić information content (AvgIpc) is 2.70. The molecule has 6 heteroatoms. The molecule has 0 saturated heterocycles. The van der Waals surface area contributed by atoms with E-state index in [2.05, 4.69) is 0 Å². The minimum absolute atomic E-state index is 0.0353. The van der Waals surface area contributed by atoms with E-state index in [0.29, 0.717) is 40.9 Å². The molecule has 1 aromatic heterocycles. The van der Waals surface area contributed by atoms with E-state index in [1.165, 1.54) is 20.3 Å². The largest absolute Gasteiger partial charge is 0.507 e. The number of phenolic OH excluding ortho intramolecular Hbond substituents is 2. The number of benzene rings is 2. The summed E-state index contributed by atoms with van der Waals surface area (Å²) in [6.07, 6.45) is 4.58. The molecule has 0 aliphatic carbocycles. The lowest BCUT2D eigenvalue weighted by Gasteiger charge is -2.16. The van der Waals surface area contributed by atoms with E-state index in [1.54, 1.807) is 6.07 Å². The molecule has 0 atom stereocenters. The third-order valence-corrected chi connectivity index (χ3v) is 5.18. The molecule has 1 heterocycles. The van der Waals surface area contributed by atoms with Gasteiger partial charge in [-0.15, -0.1) is 0 Å². The molecule has 0 aliphatic rings.